The number of aromatic nitrogens is 2. The van der Waals surface area contributed by atoms with E-state index in [1.54, 1.807) is 14.2 Å². The van der Waals surface area contributed by atoms with Crippen LogP contribution in [0.1, 0.15) is 11.4 Å². The average Bonchev–Trinajstić information content (AvgIpc) is 2.63. The number of ether oxygens (including phenoxy) is 2. The Bertz CT molecular complexity index is 912. The molecular formula is C20H22N4O2. The Morgan fingerprint density at radius 2 is 1.46 bits per heavy atom. The first kappa shape index (κ1) is 17.5. The summed E-state index contributed by atoms with van der Waals surface area (Å²) in [7, 11) is 3.25. The fraction of sp³-hybridized carbons (Fsp3) is 0.200. The van der Waals surface area contributed by atoms with Crippen LogP contribution in [0.5, 0.6) is 11.5 Å². The molecule has 0 unspecified atom stereocenters. The van der Waals surface area contributed by atoms with Gasteiger partial charge < -0.3 is 20.1 Å². The summed E-state index contributed by atoms with van der Waals surface area (Å²) < 4.78 is 10.7. The maximum atomic E-state index is 5.43. The Balaban J connectivity index is 1.87. The van der Waals surface area contributed by atoms with Crippen molar-refractivity contribution >= 4 is 23.0 Å². The van der Waals surface area contributed by atoms with Gasteiger partial charge in [-0.05, 0) is 37.6 Å². The molecule has 6 nitrogen and oxygen atoms in total. The summed E-state index contributed by atoms with van der Waals surface area (Å²) >= 11 is 0. The highest BCUT2D eigenvalue weighted by Gasteiger charge is 2.09. The van der Waals surface area contributed by atoms with Gasteiger partial charge in [-0.1, -0.05) is 18.2 Å². The number of para-hydroxylation sites is 1. The zero-order valence-corrected chi connectivity index (χ0v) is 15.3. The van der Waals surface area contributed by atoms with Gasteiger partial charge in [0.25, 0.3) is 0 Å². The van der Waals surface area contributed by atoms with Crippen LogP contribution in [0.15, 0.2) is 48.5 Å². The van der Waals surface area contributed by atoms with E-state index >= 15 is 0 Å². The lowest BCUT2D eigenvalue weighted by Gasteiger charge is -2.14. The zero-order valence-electron chi connectivity index (χ0n) is 15.3. The minimum Gasteiger partial charge on any atom is -0.497 e. The number of aryl methyl sites for hydroxylation is 2. The van der Waals surface area contributed by atoms with Gasteiger partial charge in [0.15, 0.2) is 0 Å². The lowest BCUT2D eigenvalue weighted by atomic mass is 10.2. The molecular weight excluding hydrogens is 328 g/mol. The summed E-state index contributed by atoms with van der Waals surface area (Å²) in [6.45, 7) is 3.91. The number of rotatable bonds is 6. The SMILES string of the molecule is COc1ccc(Nc2cc(Nc3ccccc3C)nc(C)n2)c(OC)c1. The lowest BCUT2D eigenvalue weighted by molar-refractivity contribution is 0.395. The number of anilines is 4. The number of hydrogen-bond acceptors (Lipinski definition) is 6. The summed E-state index contributed by atoms with van der Waals surface area (Å²) in [5.74, 6) is 3.47. The largest absolute Gasteiger partial charge is 0.497 e. The quantitative estimate of drug-likeness (QED) is 0.677. The standard InChI is InChI=1S/C20H22N4O2/c1-13-7-5-6-8-16(13)23-19-12-20(22-14(2)21-19)24-17-10-9-15(25-3)11-18(17)26-4/h5-12H,1-4H3,(H2,21,22,23,24). The number of nitrogens with zero attached hydrogens (tertiary/aromatic N) is 2. The van der Waals surface area contributed by atoms with Crippen LogP contribution in [0.2, 0.25) is 0 Å². The van der Waals surface area contributed by atoms with Crippen molar-refractivity contribution in [2.45, 2.75) is 13.8 Å². The maximum Gasteiger partial charge on any atom is 0.146 e. The predicted molar refractivity (Wildman–Crippen MR) is 104 cm³/mol. The highest BCUT2D eigenvalue weighted by Crippen LogP contribution is 2.31. The number of nitrogens with one attached hydrogen (secondary N) is 2. The number of benzene rings is 2. The molecule has 0 saturated carbocycles. The first-order valence-electron chi connectivity index (χ1n) is 8.26. The molecule has 0 aliphatic rings. The summed E-state index contributed by atoms with van der Waals surface area (Å²) in [6, 6.07) is 15.5. The predicted octanol–water partition coefficient (Wildman–Crippen LogP) is 4.60. The van der Waals surface area contributed by atoms with Gasteiger partial charge in [-0.3, -0.25) is 0 Å². The molecule has 3 aromatic rings. The third kappa shape index (κ3) is 4.03. The van der Waals surface area contributed by atoms with Gasteiger partial charge in [0, 0.05) is 17.8 Å². The molecule has 6 heteroatoms. The van der Waals surface area contributed by atoms with Crippen molar-refractivity contribution in [2.24, 2.45) is 0 Å². The van der Waals surface area contributed by atoms with Crippen LogP contribution in [0.3, 0.4) is 0 Å². The van der Waals surface area contributed by atoms with Gasteiger partial charge in [-0.15, -0.1) is 0 Å². The van der Waals surface area contributed by atoms with Crippen LogP contribution in [0.4, 0.5) is 23.0 Å². The molecule has 1 heterocycles. The van der Waals surface area contributed by atoms with Gasteiger partial charge in [0.05, 0.1) is 19.9 Å². The Labute approximate surface area is 153 Å². The maximum absolute atomic E-state index is 5.43. The molecule has 0 fully saturated rings. The molecule has 3 rings (SSSR count). The zero-order chi connectivity index (χ0) is 18.5. The number of hydrogen-bond donors (Lipinski definition) is 2. The molecule has 0 saturated heterocycles. The van der Waals surface area contributed by atoms with Crippen LogP contribution in [-0.4, -0.2) is 24.2 Å². The number of methoxy groups -OCH3 is 2. The van der Waals surface area contributed by atoms with Crippen LogP contribution in [0, 0.1) is 13.8 Å². The van der Waals surface area contributed by atoms with Crippen molar-refractivity contribution in [3.63, 3.8) is 0 Å². The van der Waals surface area contributed by atoms with Crippen molar-refractivity contribution in [1.29, 1.82) is 0 Å². The second-order valence-electron chi connectivity index (χ2n) is 5.82. The van der Waals surface area contributed by atoms with E-state index in [4.69, 9.17) is 9.47 Å². The minimum atomic E-state index is 0.665. The smallest absolute Gasteiger partial charge is 0.146 e. The fourth-order valence-corrected chi connectivity index (χ4v) is 2.59. The van der Waals surface area contributed by atoms with Crippen LogP contribution in [0.25, 0.3) is 0 Å². The van der Waals surface area contributed by atoms with E-state index < -0.39 is 0 Å². The second kappa shape index (κ2) is 7.74. The van der Waals surface area contributed by atoms with Crippen molar-refractivity contribution in [2.75, 3.05) is 24.9 Å². The molecule has 0 aliphatic heterocycles. The van der Waals surface area contributed by atoms with E-state index in [1.807, 2.05) is 49.4 Å². The van der Waals surface area contributed by atoms with E-state index in [0.717, 1.165) is 28.5 Å². The van der Waals surface area contributed by atoms with Gasteiger partial charge in [-0.2, -0.15) is 0 Å². The van der Waals surface area contributed by atoms with Gasteiger partial charge in [0.1, 0.15) is 29.0 Å². The van der Waals surface area contributed by atoms with E-state index in [2.05, 4.69) is 33.6 Å². The summed E-state index contributed by atoms with van der Waals surface area (Å²) in [4.78, 5) is 8.93. The molecule has 2 N–H and O–H groups in total. The van der Waals surface area contributed by atoms with Gasteiger partial charge >= 0.3 is 0 Å². The van der Waals surface area contributed by atoms with Crippen molar-refractivity contribution in [1.82, 2.24) is 9.97 Å². The first-order chi connectivity index (χ1) is 12.6. The summed E-state index contributed by atoms with van der Waals surface area (Å²) in [5.41, 5.74) is 2.96. The molecule has 1 aromatic heterocycles. The normalized spacial score (nSPS) is 10.3. The highest BCUT2D eigenvalue weighted by atomic mass is 16.5. The molecule has 134 valence electrons. The third-order valence-corrected chi connectivity index (χ3v) is 3.92. The molecule has 26 heavy (non-hydrogen) atoms. The van der Waals surface area contributed by atoms with Gasteiger partial charge in [-0.25, -0.2) is 9.97 Å². The fourth-order valence-electron chi connectivity index (χ4n) is 2.59. The van der Waals surface area contributed by atoms with Crippen molar-refractivity contribution in [3.8, 4) is 11.5 Å². The topological polar surface area (TPSA) is 68.3 Å². The monoisotopic (exact) mass is 350 g/mol. The molecule has 0 radical (unpaired) electrons. The highest BCUT2D eigenvalue weighted by molar-refractivity contribution is 5.69. The van der Waals surface area contributed by atoms with Crippen LogP contribution < -0.4 is 20.1 Å². The summed E-state index contributed by atoms with van der Waals surface area (Å²) in [5, 5.41) is 6.63. The average molecular weight is 350 g/mol. The molecule has 0 aliphatic carbocycles. The Morgan fingerprint density at radius 1 is 0.769 bits per heavy atom. The van der Waals surface area contributed by atoms with Crippen LogP contribution in [-0.2, 0) is 0 Å². The van der Waals surface area contributed by atoms with Crippen molar-refractivity contribution < 1.29 is 9.47 Å². The first-order valence-corrected chi connectivity index (χ1v) is 8.26. The molecule has 0 atom stereocenters. The van der Waals surface area contributed by atoms with Crippen molar-refractivity contribution in [3.05, 3.63) is 59.9 Å². The molecule has 2 aromatic carbocycles. The van der Waals surface area contributed by atoms with E-state index in [9.17, 15) is 0 Å². The van der Waals surface area contributed by atoms with E-state index in [-0.39, 0.29) is 0 Å². The lowest BCUT2D eigenvalue weighted by Crippen LogP contribution is -2.03. The Morgan fingerprint density at radius 3 is 2.12 bits per heavy atom. The molecule has 0 bridgehead atoms. The van der Waals surface area contributed by atoms with E-state index in [0.29, 0.717) is 17.4 Å². The molecule has 0 spiro atoms. The molecule has 0 amide bonds. The van der Waals surface area contributed by atoms with Gasteiger partial charge in [0.2, 0.25) is 0 Å². The minimum absolute atomic E-state index is 0.665. The van der Waals surface area contributed by atoms with Crippen LogP contribution >= 0.6 is 0 Å². The summed E-state index contributed by atoms with van der Waals surface area (Å²) in [6.07, 6.45) is 0. The van der Waals surface area contributed by atoms with E-state index in [1.165, 1.54) is 0 Å². The third-order valence-electron chi connectivity index (χ3n) is 3.92. The Hall–Kier alpha value is -3.28. The second-order valence-corrected chi connectivity index (χ2v) is 5.82. The Kier molecular flexibility index (Phi) is 5.22.